The van der Waals surface area contributed by atoms with Gasteiger partial charge in [0.05, 0.1) is 12.1 Å². The molecule has 18 heavy (non-hydrogen) atoms. The summed E-state index contributed by atoms with van der Waals surface area (Å²) in [4.78, 5) is 11.5. The molecule has 1 aliphatic rings. The van der Waals surface area contributed by atoms with Gasteiger partial charge in [0.15, 0.2) is 5.43 Å². The minimum atomic E-state index is -0.209. The Morgan fingerprint density at radius 3 is 2.50 bits per heavy atom. The van der Waals surface area contributed by atoms with E-state index in [1.165, 1.54) is 6.42 Å². The van der Waals surface area contributed by atoms with Gasteiger partial charge in [-0.3, -0.25) is 4.79 Å². The summed E-state index contributed by atoms with van der Waals surface area (Å²) in [6.45, 7) is 6.33. The van der Waals surface area contributed by atoms with Crippen LogP contribution in [0, 0.1) is 19.8 Å². The van der Waals surface area contributed by atoms with Gasteiger partial charge in [-0.25, -0.2) is 0 Å². The normalized spacial score (nSPS) is 28.3. The second-order valence-electron chi connectivity index (χ2n) is 5.89. The molecule has 1 heterocycles. The van der Waals surface area contributed by atoms with Crippen LogP contribution in [0.1, 0.15) is 44.0 Å². The van der Waals surface area contributed by atoms with E-state index in [-0.39, 0.29) is 17.6 Å². The van der Waals surface area contributed by atoms with E-state index in [1.54, 1.807) is 12.1 Å². The summed E-state index contributed by atoms with van der Waals surface area (Å²) in [7, 11) is 0. The zero-order valence-electron chi connectivity index (χ0n) is 11.6. The number of aliphatic hydroxyl groups is 1. The van der Waals surface area contributed by atoms with Gasteiger partial charge in [0, 0.05) is 23.5 Å². The molecule has 2 unspecified atom stereocenters. The Kier molecular flexibility index (Phi) is 3.62. The first kappa shape index (κ1) is 13.3. The molecular formula is C15H23NO2. The number of aryl methyl sites for hydroxylation is 2. The Bertz CT molecular complexity index is 466. The minimum Gasteiger partial charge on any atom is -0.394 e. The topological polar surface area (TPSA) is 42.2 Å². The van der Waals surface area contributed by atoms with Crippen LogP contribution in [0.2, 0.25) is 0 Å². The maximum Gasteiger partial charge on any atom is 0.182 e. The fourth-order valence-corrected chi connectivity index (χ4v) is 3.66. The lowest BCUT2D eigenvalue weighted by Crippen LogP contribution is -2.44. The highest BCUT2D eigenvalue weighted by Gasteiger charge is 2.37. The molecule has 0 radical (unpaired) electrons. The highest BCUT2D eigenvalue weighted by molar-refractivity contribution is 5.16. The maximum atomic E-state index is 11.5. The van der Waals surface area contributed by atoms with Gasteiger partial charge in [-0.05, 0) is 32.6 Å². The van der Waals surface area contributed by atoms with Crippen molar-refractivity contribution in [3.05, 3.63) is 33.7 Å². The second-order valence-corrected chi connectivity index (χ2v) is 5.89. The van der Waals surface area contributed by atoms with Gasteiger partial charge in [0.25, 0.3) is 0 Å². The van der Waals surface area contributed by atoms with Crippen molar-refractivity contribution in [2.45, 2.75) is 52.0 Å². The quantitative estimate of drug-likeness (QED) is 0.874. The number of aliphatic hydroxyl groups excluding tert-OH is 1. The summed E-state index contributed by atoms with van der Waals surface area (Å²) in [6, 6.07) is 3.34. The molecule has 2 atom stereocenters. The number of nitrogens with zero attached hydrogens (tertiary/aromatic N) is 1. The molecule has 1 saturated carbocycles. The van der Waals surface area contributed by atoms with E-state index in [9.17, 15) is 9.90 Å². The van der Waals surface area contributed by atoms with Gasteiger partial charge in [0.1, 0.15) is 0 Å². The van der Waals surface area contributed by atoms with Crippen LogP contribution in [0.25, 0.3) is 0 Å². The Morgan fingerprint density at radius 2 is 2.00 bits per heavy atom. The molecule has 1 aliphatic carbocycles. The summed E-state index contributed by atoms with van der Waals surface area (Å²) < 4.78 is 2.18. The van der Waals surface area contributed by atoms with Crippen LogP contribution in [-0.2, 0) is 5.54 Å². The highest BCUT2D eigenvalue weighted by atomic mass is 16.3. The average Bonchev–Trinajstić information content (AvgIpc) is 2.27. The van der Waals surface area contributed by atoms with Gasteiger partial charge in [-0.15, -0.1) is 0 Å². The van der Waals surface area contributed by atoms with Crippen molar-refractivity contribution in [3.8, 4) is 0 Å². The SMILES string of the molecule is Cc1cc(=O)cc(C)n1C1(CO)CCCC(C)C1. The molecule has 1 N–H and O–H groups in total. The molecule has 0 aliphatic heterocycles. The van der Waals surface area contributed by atoms with Crippen molar-refractivity contribution in [1.29, 1.82) is 0 Å². The van der Waals surface area contributed by atoms with Crippen LogP contribution in [-0.4, -0.2) is 16.3 Å². The molecule has 0 bridgehead atoms. The predicted octanol–water partition coefficient (Wildman–Crippen LogP) is 2.36. The van der Waals surface area contributed by atoms with Crippen molar-refractivity contribution in [3.63, 3.8) is 0 Å². The Morgan fingerprint density at radius 1 is 1.39 bits per heavy atom. The van der Waals surface area contributed by atoms with E-state index in [0.717, 1.165) is 30.7 Å². The summed E-state index contributed by atoms with van der Waals surface area (Å²) >= 11 is 0. The summed E-state index contributed by atoms with van der Waals surface area (Å²) in [5.41, 5.74) is 1.77. The third-order valence-electron chi connectivity index (χ3n) is 4.24. The van der Waals surface area contributed by atoms with E-state index in [0.29, 0.717) is 5.92 Å². The largest absolute Gasteiger partial charge is 0.394 e. The van der Waals surface area contributed by atoms with Crippen LogP contribution in [0.15, 0.2) is 16.9 Å². The van der Waals surface area contributed by atoms with Gasteiger partial charge in [0.2, 0.25) is 0 Å². The first-order chi connectivity index (χ1) is 8.48. The van der Waals surface area contributed by atoms with Crippen molar-refractivity contribution < 1.29 is 5.11 Å². The molecule has 1 aromatic heterocycles. The van der Waals surface area contributed by atoms with Crippen molar-refractivity contribution in [2.75, 3.05) is 6.61 Å². The molecule has 100 valence electrons. The molecule has 0 aromatic carbocycles. The lowest BCUT2D eigenvalue weighted by Gasteiger charge is -2.43. The van der Waals surface area contributed by atoms with Gasteiger partial charge >= 0.3 is 0 Å². The lowest BCUT2D eigenvalue weighted by atomic mass is 9.76. The molecule has 2 rings (SSSR count). The second kappa shape index (κ2) is 4.88. The molecule has 0 spiro atoms. The lowest BCUT2D eigenvalue weighted by molar-refractivity contribution is 0.0657. The fraction of sp³-hybridized carbons (Fsp3) is 0.667. The van der Waals surface area contributed by atoms with Crippen LogP contribution in [0.5, 0.6) is 0 Å². The summed E-state index contributed by atoms with van der Waals surface area (Å²) in [6.07, 6.45) is 4.37. The van der Waals surface area contributed by atoms with Crippen LogP contribution in [0.3, 0.4) is 0 Å². The van der Waals surface area contributed by atoms with Gasteiger partial charge in [-0.2, -0.15) is 0 Å². The molecule has 3 heteroatoms. The van der Waals surface area contributed by atoms with Crippen LogP contribution < -0.4 is 5.43 Å². The average molecular weight is 249 g/mol. The molecule has 3 nitrogen and oxygen atoms in total. The Hall–Kier alpha value is -1.09. The zero-order chi connectivity index (χ0) is 13.3. The minimum absolute atomic E-state index is 0.0539. The van der Waals surface area contributed by atoms with E-state index >= 15 is 0 Å². The predicted molar refractivity (Wildman–Crippen MR) is 72.9 cm³/mol. The zero-order valence-corrected chi connectivity index (χ0v) is 11.6. The standard InChI is InChI=1S/C15H23NO2/c1-11-5-4-6-15(9-11,10-17)16-12(2)7-14(18)8-13(16)3/h7-8,11,17H,4-6,9-10H2,1-3H3. The summed E-state index contributed by atoms with van der Waals surface area (Å²) in [5.74, 6) is 0.629. The molecule has 1 fully saturated rings. The maximum absolute atomic E-state index is 11.5. The number of aromatic nitrogens is 1. The first-order valence-electron chi connectivity index (χ1n) is 6.80. The van der Waals surface area contributed by atoms with E-state index in [1.807, 2.05) is 13.8 Å². The molecule has 0 saturated heterocycles. The Balaban J connectivity index is 2.53. The fourth-order valence-electron chi connectivity index (χ4n) is 3.66. The van der Waals surface area contributed by atoms with E-state index in [4.69, 9.17) is 0 Å². The monoisotopic (exact) mass is 249 g/mol. The first-order valence-corrected chi connectivity index (χ1v) is 6.80. The van der Waals surface area contributed by atoms with E-state index < -0.39 is 0 Å². The van der Waals surface area contributed by atoms with Crippen molar-refractivity contribution in [1.82, 2.24) is 4.57 Å². The van der Waals surface area contributed by atoms with Crippen LogP contribution >= 0.6 is 0 Å². The number of hydrogen-bond acceptors (Lipinski definition) is 2. The van der Waals surface area contributed by atoms with Crippen molar-refractivity contribution in [2.24, 2.45) is 5.92 Å². The number of rotatable bonds is 2. The smallest absolute Gasteiger partial charge is 0.182 e. The van der Waals surface area contributed by atoms with Crippen LogP contribution in [0.4, 0.5) is 0 Å². The molecule has 0 amide bonds. The van der Waals surface area contributed by atoms with Gasteiger partial charge in [-0.1, -0.05) is 19.8 Å². The third-order valence-corrected chi connectivity index (χ3v) is 4.24. The van der Waals surface area contributed by atoms with E-state index in [2.05, 4.69) is 11.5 Å². The summed E-state index contributed by atoms with van der Waals surface area (Å²) in [5, 5.41) is 9.93. The van der Waals surface area contributed by atoms with Gasteiger partial charge < -0.3 is 9.67 Å². The highest BCUT2D eigenvalue weighted by Crippen LogP contribution is 2.38. The van der Waals surface area contributed by atoms with Crippen molar-refractivity contribution >= 4 is 0 Å². The number of pyridine rings is 1. The number of hydrogen-bond donors (Lipinski definition) is 1. The molecule has 1 aromatic rings. The molecular weight excluding hydrogens is 226 g/mol. The Labute approximate surface area is 108 Å². The third kappa shape index (κ3) is 2.24.